The molecule has 1 unspecified atom stereocenters. The van der Waals surface area contributed by atoms with E-state index < -0.39 is 0 Å². The third-order valence-electron chi connectivity index (χ3n) is 4.90. The first-order chi connectivity index (χ1) is 10.2. The van der Waals surface area contributed by atoms with Crippen LogP contribution in [0.4, 0.5) is 0 Å². The molecular formula is C18H26N2O. The zero-order valence-corrected chi connectivity index (χ0v) is 13.1. The van der Waals surface area contributed by atoms with Gasteiger partial charge in [-0.2, -0.15) is 0 Å². The number of rotatable bonds is 4. The fraction of sp³-hybridized carbons (Fsp3) is 0.611. The molecule has 21 heavy (non-hydrogen) atoms. The second-order valence-electron chi connectivity index (χ2n) is 6.78. The standard InChI is InChI=1S/C18H26N2O/c1-13(2)15-8-9-20-12-19-11-16(20)18(15)17(21)10-14-6-4-3-5-7-14/h8-9,11-14,17,21H,3-7,10H2,1-2H3. The van der Waals surface area contributed by atoms with Crippen LogP contribution in [0.2, 0.25) is 0 Å². The Kier molecular flexibility index (Phi) is 4.29. The van der Waals surface area contributed by atoms with Crippen LogP contribution < -0.4 is 0 Å². The summed E-state index contributed by atoms with van der Waals surface area (Å²) < 4.78 is 2.02. The summed E-state index contributed by atoms with van der Waals surface area (Å²) in [6.07, 6.45) is 12.8. The van der Waals surface area contributed by atoms with E-state index in [1.807, 2.05) is 16.9 Å². The molecule has 0 saturated heterocycles. The van der Waals surface area contributed by atoms with Gasteiger partial charge in [0, 0.05) is 11.8 Å². The summed E-state index contributed by atoms with van der Waals surface area (Å²) in [5.41, 5.74) is 3.41. The van der Waals surface area contributed by atoms with Crippen molar-refractivity contribution in [3.8, 4) is 0 Å². The van der Waals surface area contributed by atoms with Gasteiger partial charge in [0.05, 0.1) is 24.1 Å². The van der Waals surface area contributed by atoms with Gasteiger partial charge in [-0.05, 0) is 29.9 Å². The molecule has 1 N–H and O–H groups in total. The predicted molar refractivity (Wildman–Crippen MR) is 85.4 cm³/mol. The van der Waals surface area contributed by atoms with Crippen molar-refractivity contribution in [2.24, 2.45) is 5.92 Å². The highest BCUT2D eigenvalue weighted by molar-refractivity contribution is 5.58. The van der Waals surface area contributed by atoms with Crippen molar-refractivity contribution in [3.05, 3.63) is 35.9 Å². The van der Waals surface area contributed by atoms with E-state index in [2.05, 4.69) is 31.1 Å². The Morgan fingerprint density at radius 2 is 2.05 bits per heavy atom. The zero-order valence-electron chi connectivity index (χ0n) is 13.1. The molecule has 1 aliphatic carbocycles. The summed E-state index contributed by atoms with van der Waals surface area (Å²) in [6.45, 7) is 4.39. The number of fused-ring (bicyclic) bond motifs is 1. The number of pyridine rings is 1. The molecule has 0 bridgehead atoms. The summed E-state index contributed by atoms with van der Waals surface area (Å²) in [5, 5.41) is 10.9. The van der Waals surface area contributed by atoms with Gasteiger partial charge in [-0.3, -0.25) is 0 Å². The number of aliphatic hydroxyl groups is 1. The van der Waals surface area contributed by atoms with Crippen molar-refractivity contribution in [2.45, 2.75) is 64.4 Å². The topological polar surface area (TPSA) is 37.5 Å². The van der Waals surface area contributed by atoms with Crippen LogP contribution in [-0.2, 0) is 0 Å². The highest BCUT2D eigenvalue weighted by Crippen LogP contribution is 2.36. The van der Waals surface area contributed by atoms with Crippen molar-refractivity contribution in [2.75, 3.05) is 0 Å². The van der Waals surface area contributed by atoms with Gasteiger partial charge < -0.3 is 9.51 Å². The van der Waals surface area contributed by atoms with Crippen LogP contribution >= 0.6 is 0 Å². The fourth-order valence-corrected chi connectivity index (χ4v) is 3.75. The van der Waals surface area contributed by atoms with Gasteiger partial charge in [0.1, 0.15) is 0 Å². The van der Waals surface area contributed by atoms with E-state index in [4.69, 9.17) is 0 Å². The molecular weight excluding hydrogens is 260 g/mol. The summed E-state index contributed by atoms with van der Waals surface area (Å²) in [4.78, 5) is 4.24. The van der Waals surface area contributed by atoms with E-state index in [0.717, 1.165) is 17.5 Å². The molecule has 0 spiro atoms. The maximum atomic E-state index is 10.9. The first-order valence-corrected chi connectivity index (χ1v) is 8.29. The highest BCUT2D eigenvalue weighted by atomic mass is 16.3. The quantitative estimate of drug-likeness (QED) is 0.901. The first kappa shape index (κ1) is 14.6. The normalized spacial score (nSPS) is 18.5. The number of hydrogen-bond acceptors (Lipinski definition) is 2. The molecule has 1 atom stereocenters. The lowest BCUT2D eigenvalue weighted by Crippen LogP contribution is -2.13. The van der Waals surface area contributed by atoms with Crippen LogP contribution in [0.3, 0.4) is 0 Å². The van der Waals surface area contributed by atoms with Gasteiger partial charge in [0.2, 0.25) is 0 Å². The molecule has 1 fully saturated rings. The highest BCUT2D eigenvalue weighted by Gasteiger charge is 2.23. The minimum Gasteiger partial charge on any atom is -0.388 e. The van der Waals surface area contributed by atoms with Gasteiger partial charge in [-0.15, -0.1) is 0 Å². The van der Waals surface area contributed by atoms with Crippen LogP contribution in [0.5, 0.6) is 0 Å². The third kappa shape index (κ3) is 2.98. The van der Waals surface area contributed by atoms with Crippen LogP contribution in [0.25, 0.3) is 5.52 Å². The Hall–Kier alpha value is -1.35. The van der Waals surface area contributed by atoms with Crippen LogP contribution in [0.1, 0.15) is 75.5 Å². The molecule has 2 aromatic heterocycles. The number of imidazole rings is 1. The minimum atomic E-state index is -0.370. The molecule has 0 amide bonds. The average Bonchev–Trinajstić information content (AvgIpc) is 2.95. The lowest BCUT2D eigenvalue weighted by atomic mass is 9.82. The van der Waals surface area contributed by atoms with Gasteiger partial charge in [0.15, 0.2) is 0 Å². The molecule has 3 heteroatoms. The van der Waals surface area contributed by atoms with Crippen molar-refractivity contribution < 1.29 is 5.11 Å². The molecule has 3 nitrogen and oxygen atoms in total. The van der Waals surface area contributed by atoms with E-state index in [9.17, 15) is 5.11 Å². The molecule has 0 aromatic carbocycles. The van der Waals surface area contributed by atoms with Gasteiger partial charge in [0.25, 0.3) is 0 Å². The Morgan fingerprint density at radius 3 is 2.76 bits per heavy atom. The van der Waals surface area contributed by atoms with E-state index in [1.165, 1.54) is 37.7 Å². The first-order valence-electron chi connectivity index (χ1n) is 8.29. The smallest absolute Gasteiger partial charge is 0.0992 e. The van der Waals surface area contributed by atoms with Gasteiger partial charge in [-0.25, -0.2) is 4.98 Å². The monoisotopic (exact) mass is 286 g/mol. The molecule has 1 aliphatic rings. The molecule has 2 aromatic rings. The van der Waals surface area contributed by atoms with Crippen LogP contribution in [-0.4, -0.2) is 14.5 Å². The van der Waals surface area contributed by atoms with Gasteiger partial charge >= 0.3 is 0 Å². The Balaban J connectivity index is 1.92. The second kappa shape index (κ2) is 6.18. The molecule has 114 valence electrons. The second-order valence-corrected chi connectivity index (χ2v) is 6.78. The Morgan fingerprint density at radius 1 is 1.29 bits per heavy atom. The molecule has 0 radical (unpaired) electrons. The van der Waals surface area contributed by atoms with Crippen molar-refractivity contribution in [3.63, 3.8) is 0 Å². The van der Waals surface area contributed by atoms with Crippen LogP contribution in [0.15, 0.2) is 24.8 Å². The van der Waals surface area contributed by atoms with Crippen molar-refractivity contribution in [1.29, 1.82) is 0 Å². The Labute approximate surface area is 127 Å². The van der Waals surface area contributed by atoms with E-state index in [-0.39, 0.29) is 6.10 Å². The van der Waals surface area contributed by atoms with Crippen molar-refractivity contribution in [1.82, 2.24) is 9.38 Å². The molecule has 0 aliphatic heterocycles. The third-order valence-corrected chi connectivity index (χ3v) is 4.90. The lowest BCUT2D eigenvalue weighted by molar-refractivity contribution is 0.131. The fourth-order valence-electron chi connectivity index (χ4n) is 3.75. The molecule has 2 heterocycles. The zero-order chi connectivity index (χ0) is 14.8. The predicted octanol–water partition coefficient (Wildman–Crippen LogP) is 4.46. The van der Waals surface area contributed by atoms with Crippen molar-refractivity contribution >= 4 is 5.52 Å². The van der Waals surface area contributed by atoms with Crippen LogP contribution in [0, 0.1) is 5.92 Å². The lowest BCUT2D eigenvalue weighted by Gasteiger charge is -2.26. The molecule has 3 rings (SSSR count). The maximum Gasteiger partial charge on any atom is 0.0992 e. The summed E-state index contributed by atoms with van der Waals surface area (Å²) >= 11 is 0. The summed E-state index contributed by atoms with van der Waals surface area (Å²) in [5.74, 6) is 1.10. The summed E-state index contributed by atoms with van der Waals surface area (Å²) in [6, 6.07) is 2.14. The number of nitrogens with zero attached hydrogens (tertiary/aromatic N) is 2. The number of hydrogen-bond donors (Lipinski definition) is 1. The maximum absolute atomic E-state index is 10.9. The minimum absolute atomic E-state index is 0.370. The summed E-state index contributed by atoms with van der Waals surface area (Å²) in [7, 11) is 0. The number of aromatic nitrogens is 2. The number of aliphatic hydroxyl groups excluding tert-OH is 1. The largest absolute Gasteiger partial charge is 0.388 e. The Bertz CT molecular complexity index is 596. The van der Waals surface area contributed by atoms with E-state index in [1.54, 1.807) is 0 Å². The SMILES string of the molecule is CC(C)c1ccn2cncc2c1C(O)CC1CCCCC1. The van der Waals surface area contributed by atoms with E-state index >= 15 is 0 Å². The van der Waals surface area contributed by atoms with Gasteiger partial charge in [-0.1, -0.05) is 46.0 Å². The molecule has 1 saturated carbocycles. The average molecular weight is 286 g/mol. The van der Waals surface area contributed by atoms with E-state index in [0.29, 0.717) is 11.8 Å².